The second-order valence-electron chi connectivity index (χ2n) is 5.84. The van der Waals surface area contributed by atoms with Gasteiger partial charge in [0.25, 0.3) is 5.91 Å². The molecular formula is C16H22N4O2. The average Bonchev–Trinajstić information content (AvgIpc) is 2.59. The molecule has 1 aromatic rings. The van der Waals surface area contributed by atoms with Crippen LogP contribution in [0, 0.1) is 0 Å². The minimum Gasteiger partial charge on any atom is -0.353 e. The lowest BCUT2D eigenvalue weighted by Crippen LogP contribution is -2.63. The molecule has 0 radical (unpaired) electrons. The van der Waals surface area contributed by atoms with E-state index >= 15 is 0 Å². The van der Waals surface area contributed by atoms with Crippen molar-refractivity contribution in [1.29, 1.82) is 0 Å². The zero-order valence-corrected chi connectivity index (χ0v) is 12.6. The minimum atomic E-state index is -0.220. The van der Waals surface area contributed by atoms with Crippen LogP contribution in [0.1, 0.15) is 10.4 Å². The number of piperazine rings is 3. The SMILES string of the molecule is O=C(CNC(=O)c1ccccc1)NCC1CN2CCN1CC2. The lowest BCUT2D eigenvalue weighted by atomic mass is 10.1. The summed E-state index contributed by atoms with van der Waals surface area (Å²) in [5.41, 5.74) is 0.568. The van der Waals surface area contributed by atoms with Crippen LogP contribution in [0.4, 0.5) is 0 Å². The maximum Gasteiger partial charge on any atom is 0.251 e. The third-order valence-electron chi connectivity index (χ3n) is 4.37. The molecule has 6 nitrogen and oxygen atoms in total. The highest BCUT2D eigenvalue weighted by Gasteiger charge is 2.31. The standard InChI is InChI=1S/C16H22N4O2/c21-15(11-18-16(22)13-4-2-1-3-5-13)17-10-14-12-19-6-8-20(14)9-7-19/h1-5,14H,6-12H2,(H,17,21)(H,18,22). The van der Waals surface area contributed by atoms with Gasteiger partial charge in [0.2, 0.25) is 5.91 Å². The Hall–Kier alpha value is -1.92. The van der Waals surface area contributed by atoms with Gasteiger partial charge in [-0.15, -0.1) is 0 Å². The molecule has 1 atom stereocenters. The minimum absolute atomic E-state index is 0.0180. The Morgan fingerprint density at radius 2 is 1.77 bits per heavy atom. The Kier molecular flexibility index (Phi) is 4.70. The number of carbonyl (C=O) groups is 2. The number of nitrogens with one attached hydrogen (secondary N) is 2. The predicted octanol–water partition coefficient (Wildman–Crippen LogP) is -0.468. The first kappa shape index (κ1) is 15.0. The molecule has 6 heteroatoms. The van der Waals surface area contributed by atoms with Crippen LogP contribution in [0.15, 0.2) is 30.3 Å². The second-order valence-corrected chi connectivity index (χ2v) is 5.84. The van der Waals surface area contributed by atoms with Crippen molar-refractivity contribution in [3.05, 3.63) is 35.9 Å². The molecule has 3 aliphatic heterocycles. The number of hydrogen-bond acceptors (Lipinski definition) is 4. The van der Waals surface area contributed by atoms with Gasteiger partial charge in [-0.2, -0.15) is 0 Å². The molecular weight excluding hydrogens is 280 g/mol. The Balaban J connectivity index is 1.39. The van der Waals surface area contributed by atoms with E-state index in [1.165, 1.54) is 0 Å². The molecule has 3 aliphatic rings. The lowest BCUT2D eigenvalue weighted by molar-refractivity contribution is -0.120. The zero-order valence-electron chi connectivity index (χ0n) is 12.6. The number of nitrogens with zero attached hydrogens (tertiary/aromatic N) is 2. The zero-order chi connectivity index (χ0) is 15.4. The van der Waals surface area contributed by atoms with Gasteiger partial charge < -0.3 is 10.6 Å². The van der Waals surface area contributed by atoms with Crippen LogP contribution in [-0.4, -0.2) is 73.5 Å². The Morgan fingerprint density at radius 3 is 2.41 bits per heavy atom. The van der Waals surface area contributed by atoms with E-state index in [0.717, 1.165) is 32.7 Å². The fourth-order valence-electron chi connectivity index (χ4n) is 3.06. The summed E-state index contributed by atoms with van der Waals surface area (Å²) in [7, 11) is 0. The summed E-state index contributed by atoms with van der Waals surface area (Å²) in [5, 5.41) is 5.57. The fourth-order valence-corrected chi connectivity index (χ4v) is 3.06. The fraction of sp³-hybridized carbons (Fsp3) is 0.500. The van der Waals surface area contributed by atoms with Crippen LogP contribution >= 0.6 is 0 Å². The van der Waals surface area contributed by atoms with Gasteiger partial charge in [-0.3, -0.25) is 19.4 Å². The summed E-state index contributed by atoms with van der Waals surface area (Å²) in [5.74, 6) is -0.357. The first-order chi connectivity index (χ1) is 10.7. The monoisotopic (exact) mass is 302 g/mol. The summed E-state index contributed by atoms with van der Waals surface area (Å²) in [6.07, 6.45) is 0. The van der Waals surface area contributed by atoms with Gasteiger partial charge in [0.05, 0.1) is 6.54 Å². The van der Waals surface area contributed by atoms with Crippen molar-refractivity contribution < 1.29 is 9.59 Å². The molecule has 0 aromatic heterocycles. The van der Waals surface area contributed by atoms with Crippen LogP contribution in [0.3, 0.4) is 0 Å². The highest BCUT2D eigenvalue weighted by atomic mass is 16.2. The van der Waals surface area contributed by atoms with Crippen molar-refractivity contribution in [2.24, 2.45) is 0 Å². The number of carbonyl (C=O) groups excluding carboxylic acids is 2. The van der Waals surface area contributed by atoms with Crippen LogP contribution in [0.5, 0.6) is 0 Å². The van der Waals surface area contributed by atoms with E-state index in [0.29, 0.717) is 18.2 Å². The smallest absolute Gasteiger partial charge is 0.251 e. The van der Waals surface area contributed by atoms with Gasteiger partial charge in [-0.1, -0.05) is 18.2 Å². The molecule has 0 saturated carbocycles. The third-order valence-corrected chi connectivity index (χ3v) is 4.37. The van der Waals surface area contributed by atoms with E-state index < -0.39 is 0 Å². The summed E-state index contributed by atoms with van der Waals surface area (Å²) in [6, 6.07) is 9.32. The number of fused-ring (bicyclic) bond motifs is 3. The van der Waals surface area contributed by atoms with E-state index in [-0.39, 0.29) is 18.4 Å². The summed E-state index contributed by atoms with van der Waals surface area (Å²) in [4.78, 5) is 28.6. The Morgan fingerprint density at radius 1 is 1.05 bits per heavy atom. The molecule has 0 aliphatic carbocycles. The van der Waals surface area contributed by atoms with E-state index in [2.05, 4.69) is 20.4 Å². The van der Waals surface area contributed by atoms with Crippen LogP contribution < -0.4 is 10.6 Å². The quantitative estimate of drug-likeness (QED) is 0.772. The molecule has 3 heterocycles. The van der Waals surface area contributed by atoms with Gasteiger partial charge >= 0.3 is 0 Å². The van der Waals surface area contributed by atoms with Gasteiger partial charge in [-0.25, -0.2) is 0 Å². The van der Waals surface area contributed by atoms with Crippen LogP contribution in [0.2, 0.25) is 0 Å². The highest BCUT2D eigenvalue weighted by Crippen LogP contribution is 2.14. The highest BCUT2D eigenvalue weighted by molar-refractivity contribution is 5.96. The van der Waals surface area contributed by atoms with E-state index in [9.17, 15) is 9.59 Å². The van der Waals surface area contributed by atoms with Crippen molar-refractivity contribution in [2.75, 3.05) is 45.8 Å². The van der Waals surface area contributed by atoms with Crippen molar-refractivity contribution in [3.63, 3.8) is 0 Å². The second kappa shape index (κ2) is 6.89. The Labute approximate surface area is 130 Å². The maximum atomic E-state index is 11.9. The van der Waals surface area contributed by atoms with Crippen molar-refractivity contribution in [1.82, 2.24) is 20.4 Å². The summed E-state index contributed by atoms with van der Waals surface area (Å²) in [6.45, 7) is 6.14. The topological polar surface area (TPSA) is 64.7 Å². The van der Waals surface area contributed by atoms with E-state index in [1.807, 2.05) is 6.07 Å². The predicted molar refractivity (Wildman–Crippen MR) is 83.6 cm³/mol. The van der Waals surface area contributed by atoms with Gasteiger partial charge in [0.1, 0.15) is 0 Å². The van der Waals surface area contributed by atoms with Crippen molar-refractivity contribution in [3.8, 4) is 0 Å². The maximum absolute atomic E-state index is 11.9. The lowest BCUT2D eigenvalue weighted by Gasteiger charge is -2.47. The molecule has 1 aromatic carbocycles. The molecule has 1 unspecified atom stereocenters. The largest absolute Gasteiger partial charge is 0.353 e. The van der Waals surface area contributed by atoms with Crippen molar-refractivity contribution >= 4 is 11.8 Å². The average molecular weight is 302 g/mol. The Bertz CT molecular complexity index is 526. The molecule has 3 saturated heterocycles. The molecule has 0 spiro atoms. The molecule has 2 N–H and O–H groups in total. The molecule has 118 valence electrons. The van der Waals surface area contributed by atoms with Gasteiger partial charge in [-0.05, 0) is 12.1 Å². The summed E-state index contributed by atoms with van der Waals surface area (Å²) >= 11 is 0. The van der Waals surface area contributed by atoms with Crippen molar-refractivity contribution in [2.45, 2.75) is 6.04 Å². The molecule has 4 rings (SSSR count). The molecule has 22 heavy (non-hydrogen) atoms. The molecule has 2 bridgehead atoms. The van der Waals surface area contributed by atoms with Gasteiger partial charge in [0, 0.05) is 50.9 Å². The number of amides is 2. The van der Waals surface area contributed by atoms with Gasteiger partial charge in [0.15, 0.2) is 0 Å². The third kappa shape index (κ3) is 3.64. The van der Waals surface area contributed by atoms with Crippen LogP contribution in [-0.2, 0) is 4.79 Å². The summed E-state index contributed by atoms with van der Waals surface area (Å²) < 4.78 is 0. The molecule has 2 amide bonds. The van der Waals surface area contributed by atoms with E-state index in [4.69, 9.17) is 0 Å². The number of rotatable bonds is 5. The number of benzene rings is 1. The first-order valence-corrected chi connectivity index (χ1v) is 7.79. The first-order valence-electron chi connectivity index (χ1n) is 7.79. The normalized spacial score (nSPS) is 26.5. The molecule has 3 fully saturated rings. The number of hydrogen-bond donors (Lipinski definition) is 2. The van der Waals surface area contributed by atoms with E-state index in [1.54, 1.807) is 24.3 Å². The van der Waals surface area contributed by atoms with Crippen LogP contribution in [0.25, 0.3) is 0 Å².